The van der Waals surface area contributed by atoms with Gasteiger partial charge in [-0.25, -0.2) is 4.68 Å². The summed E-state index contributed by atoms with van der Waals surface area (Å²) in [5, 5.41) is 25.1. The molecule has 5 nitrogen and oxygen atoms in total. The van der Waals surface area contributed by atoms with Crippen molar-refractivity contribution in [1.82, 2.24) is 15.0 Å². The molecule has 0 atom stereocenters. The van der Waals surface area contributed by atoms with Crippen LogP contribution in [-0.2, 0) is 6.54 Å². The molecule has 0 bridgehead atoms. The van der Waals surface area contributed by atoms with Crippen LogP contribution in [0.25, 0.3) is 0 Å². The number of hydrogen-bond acceptors (Lipinski definition) is 4. The highest BCUT2D eigenvalue weighted by atomic mass is 15.4. The molecule has 0 spiro atoms. The quantitative estimate of drug-likeness (QED) is 0.744. The average molecular weight is 203 g/mol. The minimum absolute atomic E-state index is 0.153. The minimum atomic E-state index is 0.153. The van der Waals surface area contributed by atoms with Gasteiger partial charge in [-0.1, -0.05) is 19.1 Å². The molecule has 1 rings (SSSR count). The third-order valence-electron chi connectivity index (χ3n) is 2.47. The van der Waals surface area contributed by atoms with Gasteiger partial charge >= 0.3 is 0 Å². The lowest BCUT2D eigenvalue weighted by Crippen LogP contribution is -2.09. The van der Waals surface area contributed by atoms with E-state index >= 15 is 0 Å². The van der Waals surface area contributed by atoms with Crippen LogP contribution in [0.2, 0.25) is 0 Å². The van der Waals surface area contributed by atoms with Gasteiger partial charge in [-0.05, 0) is 12.8 Å². The van der Waals surface area contributed by atoms with Crippen molar-refractivity contribution in [3.8, 4) is 12.1 Å². The van der Waals surface area contributed by atoms with Crippen molar-refractivity contribution in [1.29, 1.82) is 10.5 Å². The zero-order valence-electron chi connectivity index (χ0n) is 8.93. The maximum Gasteiger partial charge on any atom is 0.186 e. The van der Waals surface area contributed by atoms with Crippen molar-refractivity contribution < 1.29 is 0 Å². The molecule has 0 aliphatic rings. The van der Waals surface area contributed by atoms with Crippen molar-refractivity contribution in [2.45, 2.75) is 39.2 Å². The molecule has 1 aromatic heterocycles. The normalized spacial score (nSPS) is 9.93. The number of rotatable bonds is 4. The van der Waals surface area contributed by atoms with Gasteiger partial charge in [-0.15, -0.1) is 5.10 Å². The molecule has 5 heteroatoms. The van der Waals surface area contributed by atoms with Gasteiger partial charge in [0.1, 0.15) is 12.6 Å². The van der Waals surface area contributed by atoms with Crippen LogP contribution in [0, 0.1) is 22.7 Å². The molecule has 1 heterocycles. The molecule has 0 unspecified atom stereocenters. The van der Waals surface area contributed by atoms with E-state index in [1.807, 2.05) is 12.1 Å². The zero-order valence-corrected chi connectivity index (χ0v) is 8.93. The Morgan fingerprint density at radius 1 is 1.33 bits per heavy atom. The molecule has 0 aliphatic carbocycles. The molecule has 0 aliphatic heterocycles. The molecule has 0 fully saturated rings. The fourth-order valence-corrected chi connectivity index (χ4v) is 1.66. The highest BCUT2D eigenvalue weighted by Crippen LogP contribution is 2.24. The second-order valence-electron chi connectivity index (χ2n) is 3.26. The lowest BCUT2D eigenvalue weighted by molar-refractivity contribution is 0.550. The summed E-state index contributed by atoms with van der Waals surface area (Å²) in [4.78, 5) is 0. The van der Waals surface area contributed by atoms with Crippen molar-refractivity contribution >= 4 is 0 Å². The van der Waals surface area contributed by atoms with Crippen molar-refractivity contribution in [2.24, 2.45) is 0 Å². The van der Waals surface area contributed by atoms with Crippen LogP contribution in [0.15, 0.2) is 0 Å². The Morgan fingerprint density at radius 3 is 2.47 bits per heavy atom. The summed E-state index contributed by atoms with van der Waals surface area (Å²) in [6.45, 7) is 4.26. The second-order valence-corrected chi connectivity index (χ2v) is 3.26. The van der Waals surface area contributed by atoms with Gasteiger partial charge < -0.3 is 0 Å². The number of nitrogens with zero attached hydrogens (tertiary/aromatic N) is 5. The summed E-state index contributed by atoms with van der Waals surface area (Å²) in [6, 6.07) is 4.04. The third kappa shape index (κ3) is 2.13. The van der Waals surface area contributed by atoms with E-state index in [0.717, 1.165) is 18.5 Å². The van der Waals surface area contributed by atoms with E-state index < -0.39 is 0 Å². The monoisotopic (exact) mass is 203 g/mol. The lowest BCUT2D eigenvalue weighted by atomic mass is 9.98. The number of nitriles is 2. The van der Waals surface area contributed by atoms with E-state index in [4.69, 9.17) is 10.5 Å². The Hall–Kier alpha value is -1.88. The maximum atomic E-state index is 8.89. The molecule has 0 saturated heterocycles. The molecule has 0 amide bonds. The van der Waals surface area contributed by atoms with E-state index in [2.05, 4.69) is 24.2 Å². The molecule has 0 N–H and O–H groups in total. The maximum absolute atomic E-state index is 8.89. The molecule has 0 aromatic carbocycles. The van der Waals surface area contributed by atoms with Gasteiger partial charge in [-0.2, -0.15) is 10.5 Å². The summed E-state index contributed by atoms with van der Waals surface area (Å²) >= 11 is 0. The first-order chi connectivity index (χ1) is 7.28. The van der Waals surface area contributed by atoms with E-state index in [1.54, 1.807) is 0 Å². The highest BCUT2D eigenvalue weighted by Gasteiger charge is 2.19. The van der Waals surface area contributed by atoms with E-state index in [9.17, 15) is 0 Å². The first kappa shape index (κ1) is 11.2. The Morgan fingerprint density at radius 2 is 2.00 bits per heavy atom. The summed E-state index contributed by atoms with van der Waals surface area (Å²) in [5.41, 5.74) is 1.14. The topological polar surface area (TPSA) is 78.3 Å². The zero-order chi connectivity index (χ0) is 11.3. The predicted molar refractivity (Wildman–Crippen MR) is 53.7 cm³/mol. The average Bonchev–Trinajstić information content (AvgIpc) is 2.64. The van der Waals surface area contributed by atoms with Gasteiger partial charge in [0.05, 0.1) is 11.8 Å². The van der Waals surface area contributed by atoms with E-state index in [-0.39, 0.29) is 12.5 Å². The standard InChI is InChI=1S/C10H13N5/c1-3-8(4-2)10-9(7-12)13-14-15(10)6-5-11/h8H,3-4,6H2,1-2H3. The van der Waals surface area contributed by atoms with Gasteiger partial charge in [0.25, 0.3) is 0 Å². The molecule has 0 saturated carbocycles. The second kappa shape index (κ2) is 5.11. The molecule has 15 heavy (non-hydrogen) atoms. The predicted octanol–water partition coefficient (Wildman–Crippen LogP) is 1.58. The summed E-state index contributed by atoms with van der Waals surface area (Å²) in [5.74, 6) is 0.253. The van der Waals surface area contributed by atoms with Crippen LogP contribution in [0.5, 0.6) is 0 Å². The number of hydrogen-bond donors (Lipinski definition) is 0. The van der Waals surface area contributed by atoms with Crippen molar-refractivity contribution in [3.05, 3.63) is 11.4 Å². The van der Waals surface area contributed by atoms with Gasteiger partial charge in [0, 0.05) is 5.92 Å². The van der Waals surface area contributed by atoms with E-state index in [1.165, 1.54) is 4.68 Å². The van der Waals surface area contributed by atoms with E-state index in [0.29, 0.717) is 5.69 Å². The number of aromatic nitrogens is 3. The molecular weight excluding hydrogens is 190 g/mol. The van der Waals surface area contributed by atoms with Crippen LogP contribution < -0.4 is 0 Å². The summed E-state index contributed by atoms with van der Waals surface area (Å²) in [6.07, 6.45) is 1.84. The SMILES string of the molecule is CCC(CC)c1c(C#N)nnn1CC#N. The Kier molecular flexibility index (Phi) is 3.82. The molecule has 78 valence electrons. The summed E-state index contributed by atoms with van der Waals surface area (Å²) in [7, 11) is 0. The Bertz CT molecular complexity index is 402. The molecule has 0 radical (unpaired) electrons. The first-order valence-corrected chi connectivity index (χ1v) is 4.98. The van der Waals surface area contributed by atoms with Crippen LogP contribution in [0.1, 0.15) is 44.0 Å². The van der Waals surface area contributed by atoms with Gasteiger partial charge in [0.15, 0.2) is 5.69 Å². The fraction of sp³-hybridized carbons (Fsp3) is 0.600. The van der Waals surface area contributed by atoms with Crippen molar-refractivity contribution in [3.63, 3.8) is 0 Å². The lowest BCUT2D eigenvalue weighted by Gasteiger charge is -2.12. The fourth-order valence-electron chi connectivity index (χ4n) is 1.66. The third-order valence-corrected chi connectivity index (χ3v) is 2.47. The Labute approximate surface area is 88.9 Å². The van der Waals surface area contributed by atoms with Crippen LogP contribution in [0.3, 0.4) is 0 Å². The summed E-state index contributed by atoms with van der Waals surface area (Å²) < 4.78 is 1.52. The van der Waals surface area contributed by atoms with Crippen LogP contribution in [-0.4, -0.2) is 15.0 Å². The molecule has 1 aromatic rings. The largest absolute Gasteiger partial charge is 0.234 e. The Balaban J connectivity index is 3.17. The van der Waals surface area contributed by atoms with Gasteiger partial charge in [-0.3, -0.25) is 0 Å². The minimum Gasteiger partial charge on any atom is -0.234 e. The highest BCUT2D eigenvalue weighted by molar-refractivity contribution is 5.28. The van der Waals surface area contributed by atoms with Gasteiger partial charge in [0.2, 0.25) is 0 Å². The van der Waals surface area contributed by atoms with Crippen molar-refractivity contribution in [2.75, 3.05) is 0 Å². The van der Waals surface area contributed by atoms with Crippen LogP contribution in [0.4, 0.5) is 0 Å². The smallest absolute Gasteiger partial charge is 0.186 e. The van der Waals surface area contributed by atoms with Crippen LogP contribution >= 0.6 is 0 Å². The molecular formula is C10H13N5. The first-order valence-electron chi connectivity index (χ1n) is 4.98.